The molecule has 0 saturated heterocycles. The Morgan fingerprint density at radius 2 is 1.62 bits per heavy atom. The van der Waals surface area contributed by atoms with Gasteiger partial charge in [0.15, 0.2) is 0 Å². The van der Waals surface area contributed by atoms with Gasteiger partial charge in [0.05, 0.1) is 0 Å². The minimum Gasteiger partial charge on any atom is -0.392 e. The van der Waals surface area contributed by atoms with Crippen LogP contribution in [-0.2, 0) is 4.43 Å². The minimum atomic E-state index is -2.19. The van der Waals surface area contributed by atoms with Gasteiger partial charge in [0.1, 0.15) is 8.24 Å². The maximum absolute atomic E-state index is 5.80. The van der Waals surface area contributed by atoms with Crippen molar-refractivity contribution in [2.45, 2.75) is 19.6 Å². The third-order valence-electron chi connectivity index (χ3n) is 2.39. The Morgan fingerprint density at radius 3 is 2.00 bits per heavy atom. The summed E-state index contributed by atoms with van der Waals surface area (Å²) in [5, 5.41) is 1.24. The summed E-state index contributed by atoms with van der Waals surface area (Å²) in [5.74, 6) is 0. The maximum Gasteiger partial charge on any atom is 0.379 e. The predicted molar refractivity (Wildman–Crippen MR) is 74.4 cm³/mol. The summed E-state index contributed by atoms with van der Waals surface area (Å²) >= 11 is 0. The van der Waals surface area contributed by atoms with Crippen molar-refractivity contribution in [3.05, 3.63) is 30.3 Å². The van der Waals surface area contributed by atoms with Crippen LogP contribution in [0, 0.1) is 0 Å². The Kier molecular flexibility index (Phi) is 4.46. The van der Waals surface area contributed by atoms with E-state index in [0.29, 0.717) is 0 Å². The molecule has 0 bridgehead atoms. The lowest BCUT2D eigenvalue weighted by Crippen LogP contribution is -2.76. The molecule has 1 aromatic carbocycles. The fourth-order valence-electron chi connectivity index (χ4n) is 1.75. The van der Waals surface area contributed by atoms with Crippen LogP contribution in [0.2, 0.25) is 19.6 Å². The average molecular weight is 254 g/mol. The maximum atomic E-state index is 5.80. The van der Waals surface area contributed by atoms with Gasteiger partial charge in [-0.2, -0.15) is 0 Å². The first-order chi connectivity index (χ1) is 7.43. The smallest absolute Gasteiger partial charge is 0.379 e. The van der Waals surface area contributed by atoms with Crippen LogP contribution in [0.3, 0.4) is 0 Å². The summed E-state index contributed by atoms with van der Waals surface area (Å²) in [6.07, 6.45) is 0. The first-order valence-corrected chi connectivity index (χ1v) is 10.9. The molecule has 0 aliphatic carbocycles. The normalized spacial score (nSPS) is 15.8. The molecule has 0 aliphatic rings. The molecule has 0 radical (unpaired) electrons. The standard InChI is InChI=1S/C11H22N2OSi2/c1-12-16(14-2,13-15(3,4)5)11-9-7-6-8-10-11/h6-10,12-13H,1-5H3. The summed E-state index contributed by atoms with van der Waals surface area (Å²) in [6, 6.07) is 10.4. The molecule has 90 valence electrons. The Labute approximate surface area is 101 Å². The van der Waals surface area contributed by atoms with E-state index in [-0.39, 0.29) is 0 Å². The third kappa shape index (κ3) is 3.26. The average Bonchev–Trinajstić information content (AvgIpc) is 2.26. The SMILES string of the molecule is CN[Si](N[Si](C)(C)C)(OC)c1ccccc1. The molecule has 16 heavy (non-hydrogen) atoms. The van der Waals surface area contributed by atoms with Crippen LogP contribution >= 0.6 is 0 Å². The molecule has 0 amide bonds. The van der Waals surface area contributed by atoms with Crippen molar-refractivity contribution >= 4 is 22.1 Å². The van der Waals surface area contributed by atoms with Gasteiger partial charge in [-0.1, -0.05) is 50.0 Å². The molecule has 0 saturated carbocycles. The highest BCUT2D eigenvalue weighted by Gasteiger charge is 2.39. The van der Waals surface area contributed by atoms with Crippen molar-refractivity contribution < 1.29 is 4.43 Å². The fraction of sp³-hybridized carbons (Fsp3) is 0.455. The van der Waals surface area contributed by atoms with Crippen LogP contribution in [0.4, 0.5) is 0 Å². The van der Waals surface area contributed by atoms with Crippen LogP contribution in [0.25, 0.3) is 0 Å². The van der Waals surface area contributed by atoms with Gasteiger partial charge in [-0.3, -0.25) is 0 Å². The Balaban J connectivity index is 3.06. The van der Waals surface area contributed by atoms with E-state index in [1.165, 1.54) is 5.19 Å². The number of nitrogens with one attached hydrogen (secondary N) is 2. The second-order valence-electron chi connectivity index (χ2n) is 4.88. The molecule has 2 N–H and O–H groups in total. The van der Waals surface area contributed by atoms with Gasteiger partial charge >= 0.3 is 8.64 Å². The van der Waals surface area contributed by atoms with E-state index in [0.717, 1.165) is 0 Å². The molecule has 1 atom stereocenters. The fourth-order valence-corrected chi connectivity index (χ4v) is 8.85. The lowest BCUT2D eigenvalue weighted by molar-refractivity contribution is 0.390. The van der Waals surface area contributed by atoms with E-state index in [2.05, 4.69) is 53.5 Å². The molecule has 0 aliphatic heterocycles. The quantitative estimate of drug-likeness (QED) is 0.773. The molecule has 0 spiro atoms. The zero-order chi connectivity index (χ0) is 12.2. The van der Waals surface area contributed by atoms with Crippen molar-refractivity contribution in [2.24, 2.45) is 0 Å². The molecule has 1 rings (SSSR count). The molecular weight excluding hydrogens is 232 g/mol. The molecule has 0 heterocycles. The second-order valence-corrected chi connectivity index (χ2v) is 13.2. The number of hydrogen-bond acceptors (Lipinski definition) is 3. The van der Waals surface area contributed by atoms with Crippen LogP contribution in [0.5, 0.6) is 0 Å². The minimum absolute atomic E-state index is 1.24. The second kappa shape index (κ2) is 5.24. The van der Waals surface area contributed by atoms with Gasteiger partial charge in [-0.15, -0.1) is 0 Å². The van der Waals surface area contributed by atoms with Crippen molar-refractivity contribution in [1.29, 1.82) is 0 Å². The van der Waals surface area contributed by atoms with Crippen molar-refractivity contribution in [3.8, 4) is 0 Å². The summed E-state index contributed by atoms with van der Waals surface area (Å²) in [5.41, 5.74) is 0. The highest BCUT2D eigenvalue weighted by Crippen LogP contribution is 2.04. The van der Waals surface area contributed by atoms with Crippen molar-refractivity contribution in [1.82, 2.24) is 9.63 Å². The van der Waals surface area contributed by atoms with E-state index in [1.54, 1.807) is 7.11 Å². The van der Waals surface area contributed by atoms with E-state index in [4.69, 9.17) is 4.43 Å². The topological polar surface area (TPSA) is 33.3 Å². The van der Waals surface area contributed by atoms with E-state index in [9.17, 15) is 0 Å². The first kappa shape index (κ1) is 13.6. The molecule has 1 unspecified atom stereocenters. The van der Waals surface area contributed by atoms with Gasteiger partial charge < -0.3 is 14.1 Å². The molecule has 0 fully saturated rings. The summed E-state index contributed by atoms with van der Waals surface area (Å²) in [7, 11) is 0.162. The zero-order valence-electron chi connectivity index (χ0n) is 10.8. The van der Waals surface area contributed by atoms with Crippen LogP contribution in [0.15, 0.2) is 30.3 Å². The van der Waals surface area contributed by atoms with E-state index >= 15 is 0 Å². The molecule has 0 aromatic heterocycles. The number of hydrogen-bond donors (Lipinski definition) is 2. The van der Waals surface area contributed by atoms with Gasteiger partial charge in [-0.25, -0.2) is 0 Å². The van der Waals surface area contributed by atoms with Crippen LogP contribution in [-0.4, -0.2) is 31.0 Å². The third-order valence-corrected chi connectivity index (χ3v) is 9.26. The first-order valence-electron chi connectivity index (χ1n) is 5.52. The highest BCUT2D eigenvalue weighted by molar-refractivity contribution is 6.94. The Hall–Kier alpha value is -0.466. The molecular formula is C11H22N2OSi2. The van der Waals surface area contributed by atoms with Crippen molar-refractivity contribution in [2.75, 3.05) is 14.2 Å². The van der Waals surface area contributed by atoms with Gasteiger partial charge in [0.2, 0.25) is 0 Å². The summed E-state index contributed by atoms with van der Waals surface area (Å²) in [4.78, 5) is 3.38. The largest absolute Gasteiger partial charge is 0.392 e. The van der Waals surface area contributed by atoms with Crippen LogP contribution < -0.4 is 14.8 Å². The van der Waals surface area contributed by atoms with E-state index < -0.39 is 16.9 Å². The predicted octanol–water partition coefficient (Wildman–Crippen LogP) is 1.12. The lowest BCUT2D eigenvalue weighted by Gasteiger charge is -2.35. The van der Waals surface area contributed by atoms with Crippen molar-refractivity contribution in [3.63, 3.8) is 0 Å². The highest BCUT2D eigenvalue weighted by atomic mass is 28.4. The Morgan fingerprint density at radius 1 is 1.06 bits per heavy atom. The summed E-state index contributed by atoms with van der Waals surface area (Å²) < 4.78 is 9.53. The Bertz CT molecular complexity index is 321. The molecule has 3 nitrogen and oxygen atoms in total. The van der Waals surface area contributed by atoms with Gasteiger partial charge in [-0.05, 0) is 12.2 Å². The molecule has 1 aromatic rings. The van der Waals surface area contributed by atoms with Gasteiger partial charge in [0, 0.05) is 7.11 Å². The number of benzene rings is 1. The lowest BCUT2D eigenvalue weighted by atomic mass is 10.4. The zero-order valence-corrected chi connectivity index (χ0v) is 12.8. The van der Waals surface area contributed by atoms with E-state index in [1.807, 2.05) is 13.1 Å². The monoisotopic (exact) mass is 254 g/mol. The van der Waals surface area contributed by atoms with Gasteiger partial charge in [0.25, 0.3) is 0 Å². The summed E-state index contributed by atoms with van der Waals surface area (Å²) in [6.45, 7) is 6.86. The van der Waals surface area contributed by atoms with Crippen LogP contribution in [0.1, 0.15) is 0 Å². The number of rotatable bonds is 5. The molecule has 5 heteroatoms.